The van der Waals surface area contributed by atoms with Gasteiger partial charge in [-0.3, -0.25) is 0 Å². The number of ether oxygens (including phenoxy) is 2. The molecule has 0 heterocycles. The Bertz CT molecular complexity index is 644. The number of carbonyl (C=O) groups is 1. The minimum absolute atomic E-state index is 0.0115. The number of hydrogen-bond donors (Lipinski definition) is 1. The summed E-state index contributed by atoms with van der Waals surface area (Å²) < 4.78 is 10.4. The lowest BCUT2D eigenvalue weighted by molar-refractivity contribution is 0.0600. The zero-order valence-electron chi connectivity index (χ0n) is 12.4. The van der Waals surface area contributed by atoms with E-state index in [-0.39, 0.29) is 12.6 Å². The van der Waals surface area contributed by atoms with E-state index >= 15 is 0 Å². The van der Waals surface area contributed by atoms with Gasteiger partial charge in [0.15, 0.2) is 0 Å². The topological polar surface area (TPSA) is 55.8 Å². The maximum Gasteiger partial charge on any atom is 0.337 e. The fraction of sp³-hybridized carbons (Fsp3) is 0.167. The van der Waals surface area contributed by atoms with Gasteiger partial charge in [-0.1, -0.05) is 36.4 Å². The predicted octanol–water partition coefficient (Wildman–Crippen LogP) is 3.06. The fourth-order valence-corrected chi connectivity index (χ4v) is 1.92. The van der Waals surface area contributed by atoms with E-state index in [1.165, 1.54) is 7.11 Å². The van der Waals surface area contributed by atoms with Crippen molar-refractivity contribution in [3.05, 3.63) is 71.3 Å². The predicted molar refractivity (Wildman–Crippen MR) is 84.7 cm³/mol. The van der Waals surface area contributed by atoms with Crippen LogP contribution in [0.1, 0.15) is 21.5 Å². The highest BCUT2D eigenvalue weighted by molar-refractivity contribution is 5.89. The second-order valence-electron chi connectivity index (χ2n) is 4.63. The van der Waals surface area contributed by atoms with Gasteiger partial charge in [0.05, 0.1) is 19.3 Å². The molecule has 4 nitrogen and oxygen atoms in total. The van der Waals surface area contributed by atoms with Crippen LogP contribution in [0.15, 0.2) is 54.6 Å². The number of methoxy groups -OCH3 is 1. The van der Waals surface area contributed by atoms with E-state index in [0.717, 1.165) is 16.9 Å². The van der Waals surface area contributed by atoms with Crippen molar-refractivity contribution < 1.29 is 19.4 Å². The number of benzene rings is 2. The van der Waals surface area contributed by atoms with E-state index in [0.29, 0.717) is 12.2 Å². The zero-order chi connectivity index (χ0) is 15.8. The second kappa shape index (κ2) is 8.00. The molecule has 0 aliphatic rings. The third-order valence-electron chi connectivity index (χ3n) is 3.05. The number of aliphatic hydroxyl groups excluding tert-OH is 1. The molecule has 0 amide bonds. The summed E-state index contributed by atoms with van der Waals surface area (Å²) in [5.74, 6) is 0.396. The van der Waals surface area contributed by atoms with E-state index in [4.69, 9.17) is 9.84 Å². The Morgan fingerprint density at radius 2 is 1.95 bits per heavy atom. The molecule has 0 spiro atoms. The summed E-state index contributed by atoms with van der Waals surface area (Å²) in [6, 6.07) is 14.7. The van der Waals surface area contributed by atoms with E-state index in [9.17, 15) is 4.79 Å². The smallest absolute Gasteiger partial charge is 0.337 e. The summed E-state index contributed by atoms with van der Waals surface area (Å²) in [6.07, 6.45) is 3.50. The van der Waals surface area contributed by atoms with E-state index in [2.05, 4.69) is 4.74 Å². The third-order valence-corrected chi connectivity index (χ3v) is 3.05. The molecule has 22 heavy (non-hydrogen) atoms. The van der Waals surface area contributed by atoms with Gasteiger partial charge in [-0.05, 0) is 35.4 Å². The van der Waals surface area contributed by atoms with Gasteiger partial charge < -0.3 is 14.6 Å². The first kappa shape index (κ1) is 15.8. The third kappa shape index (κ3) is 4.46. The summed E-state index contributed by atoms with van der Waals surface area (Å²) >= 11 is 0. The van der Waals surface area contributed by atoms with Crippen molar-refractivity contribution in [1.29, 1.82) is 0 Å². The molecule has 2 aromatic carbocycles. The second-order valence-corrected chi connectivity index (χ2v) is 4.63. The molecule has 0 fully saturated rings. The Kier molecular flexibility index (Phi) is 5.74. The minimum atomic E-state index is -0.351. The van der Waals surface area contributed by atoms with Crippen LogP contribution in [0.5, 0.6) is 5.75 Å². The van der Waals surface area contributed by atoms with Crippen LogP contribution < -0.4 is 4.74 Å². The Morgan fingerprint density at radius 3 is 2.64 bits per heavy atom. The molecule has 0 saturated carbocycles. The number of rotatable bonds is 6. The quantitative estimate of drug-likeness (QED) is 0.833. The van der Waals surface area contributed by atoms with Gasteiger partial charge in [0, 0.05) is 0 Å². The normalized spacial score (nSPS) is 10.6. The SMILES string of the molecule is COC(=O)c1ccc(COc2cccc(C=CCO)c2)cc1. The van der Waals surface area contributed by atoms with Crippen molar-refractivity contribution in [2.75, 3.05) is 13.7 Å². The van der Waals surface area contributed by atoms with Crippen LogP contribution in [0.3, 0.4) is 0 Å². The summed E-state index contributed by atoms with van der Waals surface area (Å²) in [6.45, 7) is 0.423. The standard InChI is InChI=1S/C18H18O4/c1-21-18(20)16-9-7-15(8-10-16)13-22-17-6-2-4-14(12-17)5-3-11-19/h2-10,12,19H,11,13H2,1H3. The Hall–Kier alpha value is -2.59. The average Bonchev–Trinajstić information content (AvgIpc) is 2.58. The Labute approximate surface area is 129 Å². The fourth-order valence-electron chi connectivity index (χ4n) is 1.92. The molecule has 0 aliphatic heterocycles. The van der Waals surface area contributed by atoms with Crippen molar-refractivity contribution >= 4 is 12.0 Å². The lowest BCUT2D eigenvalue weighted by atomic mass is 10.1. The van der Waals surface area contributed by atoms with Gasteiger partial charge in [-0.15, -0.1) is 0 Å². The number of carbonyl (C=O) groups excluding carboxylic acids is 1. The Balaban J connectivity index is 1.98. The first-order valence-corrected chi connectivity index (χ1v) is 6.90. The van der Waals surface area contributed by atoms with E-state index in [1.54, 1.807) is 18.2 Å². The van der Waals surface area contributed by atoms with Gasteiger partial charge in [-0.2, -0.15) is 0 Å². The molecule has 2 aromatic rings. The maximum absolute atomic E-state index is 11.4. The van der Waals surface area contributed by atoms with Crippen LogP contribution in [0.2, 0.25) is 0 Å². The van der Waals surface area contributed by atoms with Gasteiger partial charge in [0.2, 0.25) is 0 Å². The number of esters is 1. The van der Waals surface area contributed by atoms with Crippen molar-refractivity contribution in [2.45, 2.75) is 6.61 Å². The number of hydrogen-bond acceptors (Lipinski definition) is 4. The lowest BCUT2D eigenvalue weighted by Gasteiger charge is -2.07. The molecule has 0 aliphatic carbocycles. The molecule has 0 unspecified atom stereocenters. The van der Waals surface area contributed by atoms with Crippen LogP contribution in [0.25, 0.3) is 6.08 Å². The first-order valence-electron chi connectivity index (χ1n) is 6.90. The van der Waals surface area contributed by atoms with Crippen molar-refractivity contribution in [1.82, 2.24) is 0 Å². The molecular formula is C18H18O4. The first-order chi connectivity index (χ1) is 10.7. The highest BCUT2D eigenvalue weighted by atomic mass is 16.5. The molecule has 2 rings (SSSR count). The van der Waals surface area contributed by atoms with Crippen molar-refractivity contribution in [3.63, 3.8) is 0 Å². The van der Waals surface area contributed by atoms with Crippen molar-refractivity contribution in [3.8, 4) is 5.75 Å². The van der Waals surface area contributed by atoms with Gasteiger partial charge in [-0.25, -0.2) is 4.79 Å². The molecule has 114 valence electrons. The minimum Gasteiger partial charge on any atom is -0.489 e. The molecule has 0 saturated heterocycles. The van der Waals surface area contributed by atoms with Gasteiger partial charge in [0.1, 0.15) is 12.4 Å². The summed E-state index contributed by atoms with van der Waals surface area (Å²) in [7, 11) is 1.36. The highest BCUT2D eigenvalue weighted by Crippen LogP contribution is 2.16. The van der Waals surface area contributed by atoms with Crippen LogP contribution >= 0.6 is 0 Å². The summed E-state index contributed by atoms with van der Waals surface area (Å²) in [5, 5.41) is 8.78. The largest absolute Gasteiger partial charge is 0.489 e. The monoisotopic (exact) mass is 298 g/mol. The molecule has 0 aromatic heterocycles. The molecule has 0 atom stereocenters. The summed E-state index contributed by atoms with van der Waals surface area (Å²) in [5.41, 5.74) is 2.44. The van der Waals surface area contributed by atoms with Crippen molar-refractivity contribution in [2.24, 2.45) is 0 Å². The van der Waals surface area contributed by atoms with Crippen LogP contribution in [-0.4, -0.2) is 24.8 Å². The van der Waals surface area contributed by atoms with Crippen LogP contribution in [-0.2, 0) is 11.3 Å². The van der Waals surface area contributed by atoms with Crippen LogP contribution in [0.4, 0.5) is 0 Å². The van der Waals surface area contributed by atoms with Gasteiger partial charge >= 0.3 is 5.97 Å². The van der Waals surface area contributed by atoms with E-state index in [1.807, 2.05) is 42.5 Å². The number of aliphatic hydroxyl groups is 1. The van der Waals surface area contributed by atoms with Gasteiger partial charge in [0.25, 0.3) is 0 Å². The van der Waals surface area contributed by atoms with E-state index < -0.39 is 0 Å². The highest BCUT2D eigenvalue weighted by Gasteiger charge is 2.04. The molecule has 4 heteroatoms. The van der Waals surface area contributed by atoms with Crippen LogP contribution in [0, 0.1) is 0 Å². The molecular weight excluding hydrogens is 280 g/mol. The summed E-state index contributed by atoms with van der Waals surface area (Å²) in [4.78, 5) is 11.4. The molecule has 0 radical (unpaired) electrons. The maximum atomic E-state index is 11.4. The molecule has 1 N–H and O–H groups in total. The lowest BCUT2D eigenvalue weighted by Crippen LogP contribution is -2.02. The average molecular weight is 298 g/mol. The Morgan fingerprint density at radius 1 is 1.18 bits per heavy atom. The zero-order valence-corrected chi connectivity index (χ0v) is 12.4. The molecule has 0 bridgehead atoms.